The number of methoxy groups -OCH3 is 1. The van der Waals surface area contributed by atoms with Crippen LogP contribution >= 0.6 is 27.5 Å². The summed E-state index contributed by atoms with van der Waals surface area (Å²) in [5.74, 6) is 0. The molecule has 0 fully saturated rings. The maximum Gasteiger partial charge on any atom is 0.0616 e. The first-order valence-corrected chi connectivity index (χ1v) is 6.61. The van der Waals surface area contributed by atoms with Gasteiger partial charge in [-0.05, 0) is 24.1 Å². The van der Waals surface area contributed by atoms with E-state index in [4.69, 9.17) is 21.4 Å². The van der Waals surface area contributed by atoms with Crippen LogP contribution < -0.4 is 5.32 Å². The molecular formula is C12H17BrClNO2. The summed E-state index contributed by atoms with van der Waals surface area (Å²) in [7, 11) is 1.65. The van der Waals surface area contributed by atoms with Crippen LogP contribution in [0.5, 0.6) is 0 Å². The summed E-state index contributed by atoms with van der Waals surface area (Å²) in [6.45, 7) is 1.39. The first-order valence-electron chi connectivity index (χ1n) is 5.44. The Hall–Kier alpha value is -0.130. The van der Waals surface area contributed by atoms with Gasteiger partial charge in [-0.15, -0.1) is 0 Å². The average Bonchev–Trinajstić information content (AvgIpc) is 2.28. The third kappa shape index (κ3) is 5.36. The van der Waals surface area contributed by atoms with Gasteiger partial charge in [-0.2, -0.15) is 0 Å². The summed E-state index contributed by atoms with van der Waals surface area (Å²) < 4.78 is 6.05. The van der Waals surface area contributed by atoms with Crippen molar-refractivity contribution in [2.24, 2.45) is 0 Å². The SMILES string of the molecule is COCC(CCO)NCc1ccc(Br)cc1Cl. The standard InChI is InChI=1S/C12H17BrClNO2/c1-17-8-11(4-5-16)15-7-9-2-3-10(13)6-12(9)14/h2-3,6,11,15-16H,4-5,7-8H2,1H3. The Kier molecular flexibility index (Phi) is 7.08. The van der Waals surface area contributed by atoms with Crippen molar-refractivity contribution in [2.45, 2.75) is 19.0 Å². The Morgan fingerprint density at radius 1 is 1.53 bits per heavy atom. The van der Waals surface area contributed by atoms with Crippen molar-refractivity contribution in [3.8, 4) is 0 Å². The van der Waals surface area contributed by atoms with Crippen LogP contribution in [0.1, 0.15) is 12.0 Å². The molecule has 0 bridgehead atoms. The number of rotatable bonds is 7. The van der Waals surface area contributed by atoms with E-state index in [9.17, 15) is 0 Å². The number of aliphatic hydroxyl groups is 1. The average molecular weight is 323 g/mol. The Morgan fingerprint density at radius 2 is 2.29 bits per heavy atom. The minimum Gasteiger partial charge on any atom is -0.396 e. The third-order valence-corrected chi connectivity index (χ3v) is 3.29. The Morgan fingerprint density at radius 3 is 2.88 bits per heavy atom. The smallest absolute Gasteiger partial charge is 0.0616 e. The van der Waals surface area contributed by atoms with E-state index in [0.717, 1.165) is 15.1 Å². The molecule has 0 amide bonds. The van der Waals surface area contributed by atoms with Crippen molar-refractivity contribution in [2.75, 3.05) is 20.3 Å². The molecule has 1 aromatic rings. The van der Waals surface area contributed by atoms with Gasteiger partial charge in [0.1, 0.15) is 0 Å². The van der Waals surface area contributed by atoms with Gasteiger partial charge in [0, 0.05) is 35.8 Å². The molecule has 3 nitrogen and oxygen atoms in total. The molecule has 0 saturated heterocycles. The Balaban J connectivity index is 2.52. The molecule has 0 saturated carbocycles. The fourth-order valence-corrected chi connectivity index (χ4v) is 2.26. The lowest BCUT2D eigenvalue weighted by Crippen LogP contribution is -2.33. The minimum atomic E-state index is 0.143. The molecule has 2 N–H and O–H groups in total. The van der Waals surface area contributed by atoms with Crippen LogP contribution in [0.3, 0.4) is 0 Å². The molecule has 17 heavy (non-hydrogen) atoms. The van der Waals surface area contributed by atoms with Crippen molar-refractivity contribution in [3.63, 3.8) is 0 Å². The molecule has 0 aliphatic carbocycles. The topological polar surface area (TPSA) is 41.5 Å². The van der Waals surface area contributed by atoms with Crippen molar-refractivity contribution < 1.29 is 9.84 Å². The first kappa shape index (κ1) is 14.9. The van der Waals surface area contributed by atoms with E-state index in [1.165, 1.54) is 0 Å². The molecule has 1 aromatic carbocycles. The van der Waals surface area contributed by atoms with E-state index in [1.807, 2.05) is 18.2 Å². The quantitative estimate of drug-likeness (QED) is 0.811. The second-order valence-corrected chi connectivity index (χ2v) is 5.10. The summed E-state index contributed by atoms with van der Waals surface area (Å²) in [6, 6.07) is 5.95. The summed E-state index contributed by atoms with van der Waals surface area (Å²) >= 11 is 9.48. The molecule has 0 aliphatic heterocycles. The highest BCUT2D eigenvalue weighted by atomic mass is 79.9. The molecular weight excluding hydrogens is 305 g/mol. The molecule has 0 spiro atoms. The zero-order valence-corrected chi connectivity index (χ0v) is 12.1. The molecule has 0 radical (unpaired) electrons. The highest BCUT2D eigenvalue weighted by Gasteiger charge is 2.08. The predicted molar refractivity (Wildman–Crippen MR) is 73.4 cm³/mol. The van der Waals surface area contributed by atoms with Gasteiger partial charge in [0.2, 0.25) is 0 Å². The summed E-state index contributed by atoms with van der Waals surface area (Å²) in [6.07, 6.45) is 0.669. The molecule has 1 unspecified atom stereocenters. The van der Waals surface area contributed by atoms with Gasteiger partial charge < -0.3 is 15.2 Å². The maximum atomic E-state index is 8.92. The minimum absolute atomic E-state index is 0.143. The van der Waals surface area contributed by atoms with Gasteiger partial charge in [0.05, 0.1) is 6.61 Å². The third-order valence-electron chi connectivity index (χ3n) is 2.44. The van der Waals surface area contributed by atoms with Gasteiger partial charge in [0.15, 0.2) is 0 Å². The molecule has 5 heteroatoms. The van der Waals surface area contributed by atoms with Crippen LogP contribution in [0.4, 0.5) is 0 Å². The Bertz CT molecular complexity index is 343. The molecule has 0 aliphatic rings. The fourth-order valence-electron chi connectivity index (χ4n) is 1.52. The van der Waals surface area contributed by atoms with Crippen LogP contribution in [0.15, 0.2) is 22.7 Å². The number of hydrogen-bond donors (Lipinski definition) is 2. The highest BCUT2D eigenvalue weighted by Crippen LogP contribution is 2.21. The van der Waals surface area contributed by atoms with Gasteiger partial charge >= 0.3 is 0 Å². The lowest BCUT2D eigenvalue weighted by atomic mass is 10.2. The van der Waals surface area contributed by atoms with Crippen molar-refractivity contribution in [1.82, 2.24) is 5.32 Å². The summed E-state index contributed by atoms with van der Waals surface area (Å²) in [5.41, 5.74) is 1.04. The highest BCUT2D eigenvalue weighted by molar-refractivity contribution is 9.10. The number of ether oxygens (including phenoxy) is 1. The zero-order chi connectivity index (χ0) is 12.7. The summed E-state index contributed by atoms with van der Waals surface area (Å²) in [5, 5.41) is 13.0. The second-order valence-electron chi connectivity index (χ2n) is 3.78. The number of hydrogen-bond acceptors (Lipinski definition) is 3. The number of nitrogens with one attached hydrogen (secondary N) is 1. The van der Waals surface area contributed by atoms with Gasteiger partial charge in [-0.1, -0.05) is 33.6 Å². The Labute approximate surface area is 115 Å². The van der Waals surface area contributed by atoms with E-state index < -0.39 is 0 Å². The van der Waals surface area contributed by atoms with Gasteiger partial charge in [-0.3, -0.25) is 0 Å². The van der Waals surface area contributed by atoms with Gasteiger partial charge in [-0.25, -0.2) is 0 Å². The van der Waals surface area contributed by atoms with E-state index >= 15 is 0 Å². The van der Waals surface area contributed by atoms with Crippen molar-refractivity contribution in [1.29, 1.82) is 0 Å². The van der Waals surface area contributed by atoms with Crippen LogP contribution in [0.25, 0.3) is 0 Å². The number of halogens is 2. The van der Waals surface area contributed by atoms with Crippen LogP contribution in [-0.4, -0.2) is 31.5 Å². The first-order chi connectivity index (χ1) is 8.17. The normalized spacial score (nSPS) is 12.7. The van der Waals surface area contributed by atoms with Crippen molar-refractivity contribution in [3.05, 3.63) is 33.3 Å². The lowest BCUT2D eigenvalue weighted by molar-refractivity contribution is 0.148. The largest absolute Gasteiger partial charge is 0.396 e. The number of benzene rings is 1. The van der Waals surface area contributed by atoms with Crippen molar-refractivity contribution >= 4 is 27.5 Å². The van der Waals surface area contributed by atoms with E-state index in [2.05, 4.69) is 21.2 Å². The molecule has 0 heterocycles. The lowest BCUT2D eigenvalue weighted by Gasteiger charge is -2.17. The fraction of sp³-hybridized carbons (Fsp3) is 0.500. The van der Waals surface area contributed by atoms with E-state index in [-0.39, 0.29) is 12.6 Å². The van der Waals surface area contributed by atoms with Crippen LogP contribution in [0, 0.1) is 0 Å². The second kappa shape index (κ2) is 8.06. The summed E-state index contributed by atoms with van der Waals surface area (Å²) in [4.78, 5) is 0. The monoisotopic (exact) mass is 321 g/mol. The molecule has 96 valence electrons. The zero-order valence-electron chi connectivity index (χ0n) is 9.75. The molecule has 1 atom stereocenters. The molecule has 0 aromatic heterocycles. The van der Waals surface area contributed by atoms with Gasteiger partial charge in [0.25, 0.3) is 0 Å². The maximum absolute atomic E-state index is 8.92. The number of aliphatic hydroxyl groups excluding tert-OH is 1. The van der Waals surface area contributed by atoms with E-state index in [1.54, 1.807) is 7.11 Å². The predicted octanol–water partition coefficient (Wildman–Crippen LogP) is 2.59. The van der Waals surface area contributed by atoms with E-state index in [0.29, 0.717) is 19.6 Å². The van der Waals surface area contributed by atoms with Crippen LogP contribution in [-0.2, 0) is 11.3 Å². The molecule has 1 rings (SSSR count). The van der Waals surface area contributed by atoms with Crippen LogP contribution in [0.2, 0.25) is 5.02 Å².